The lowest BCUT2D eigenvalue weighted by atomic mass is 10.2. The van der Waals surface area contributed by atoms with E-state index >= 15 is 0 Å². The molecule has 0 amide bonds. The first-order chi connectivity index (χ1) is 7.16. The summed E-state index contributed by atoms with van der Waals surface area (Å²) in [5.41, 5.74) is 1.70. The van der Waals surface area contributed by atoms with E-state index < -0.39 is 0 Å². The van der Waals surface area contributed by atoms with E-state index in [1.54, 1.807) is 12.4 Å². The highest BCUT2D eigenvalue weighted by atomic mass is 79.9. The summed E-state index contributed by atoms with van der Waals surface area (Å²) in [6.45, 7) is 1.52. The zero-order valence-electron chi connectivity index (χ0n) is 7.90. The van der Waals surface area contributed by atoms with Crippen molar-refractivity contribution in [3.63, 3.8) is 0 Å². The molecule has 0 aromatic carbocycles. The molecule has 0 spiro atoms. The highest BCUT2D eigenvalue weighted by Crippen LogP contribution is 2.23. The lowest BCUT2D eigenvalue weighted by molar-refractivity contribution is 0.101. The van der Waals surface area contributed by atoms with Crippen LogP contribution in [0.25, 0.3) is 11.3 Å². The van der Waals surface area contributed by atoms with Crippen LogP contribution in [-0.2, 0) is 0 Å². The summed E-state index contributed by atoms with van der Waals surface area (Å²) in [7, 11) is 0. The van der Waals surface area contributed by atoms with Gasteiger partial charge in [0.05, 0.1) is 5.69 Å². The summed E-state index contributed by atoms with van der Waals surface area (Å²) < 4.78 is 0.900. The van der Waals surface area contributed by atoms with Crippen molar-refractivity contribution in [2.24, 2.45) is 0 Å². The summed E-state index contributed by atoms with van der Waals surface area (Å²) in [5, 5.41) is 2.39. The summed E-state index contributed by atoms with van der Waals surface area (Å²) in [4.78, 5) is 19.4. The fraction of sp³-hybridized carbons (Fsp3) is 0.100. The molecule has 0 aliphatic carbocycles. The molecule has 0 fully saturated rings. The van der Waals surface area contributed by atoms with Gasteiger partial charge in [-0.05, 0) is 22.0 Å². The van der Waals surface area contributed by atoms with Crippen molar-refractivity contribution < 1.29 is 4.79 Å². The summed E-state index contributed by atoms with van der Waals surface area (Å²) in [5.74, 6) is -0.00536. The number of nitrogens with zero attached hydrogens (tertiary/aromatic N) is 2. The highest BCUT2D eigenvalue weighted by Gasteiger charge is 2.08. The van der Waals surface area contributed by atoms with Gasteiger partial charge in [0, 0.05) is 34.7 Å². The molecule has 0 bridgehead atoms. The number of carbonyl (C=O) groups excluding carboxylic acids is 1. The maximum Gasteiger partial charge on any atom is 0.188 e. The molecular weight excluding hydrogens is 276 g/mol. The Morgan fingerprint density at radius 2 is 2.27 bits per heavy atom. The molecule has 2 aromatic rings. The molecule has 0 saturated heterocycles. The predicted molar refractivity (Wildman–Crippen MR) is 63.0 cm³/mol. The van der Waals surface area contributed by atoms with E-state index in [1.807, 2.05) is 11.4 Å². The number of hydrogen-bond acceptors (Lipinski definition) is 4. The van der Waals surface area contributed by atoms with Crippen LogP contribution < -0.4 is 0 Å². The van der Waals surface area contributed by atoms with Gasteiger partial charge in [-0.3, -0.25) is 9.78 Å². The van der Waals surface area contributed by atoms with Gasteiger partial charge in [0.15, 0.2) is 10.8 Å². The molecule has 15 heavy (non-hydrogen) atoms. The minimum atomic E-state index is -0.00536. The van der Waals surface area contributed by atoms with Gasteiger partial charge >= 0.3 is 0 Å². The average molecular weight is 283 g/mol. The molecule has 0 saturated carbocycles. The standard InChI is InChI=1S/C10H7BrN2OS/c1-6(14)10-13-9(5-15-10)7-2-8(11)4-12-3-7/h2-5H,1H3. The van der Waals surface area contributed by atoms with Crippen LogP contribution >= 0.6 is 27.3 Å². The van der Waals surface area contributed by atoms with Crippen LogP contribution in [0.4, 0.5) is 0 Å². The van der Waals surface area contributed by atoms with E-state index in [-0.39, 0.29) is 5.78 Å². The van der Waals surface area contributed by atoms with Crippen molar-refractivity contribution in [1.82, 2.24) is 9.97 Å². The van der Waals surface area contributed by atoms with E-state index in [4.69, 9.17) is 0 Å². The number of rotatable bonds is 2. The number of aromatic nitrogens is 2. The number of ketones is 1. The Kier molecular flexibility index (Phi) is 2.93. The van der Waals surface area contributed by atoms with Crippen LogP contribution in [0.3, 0.4) is 0 Å². The first kappa shape index (κ1) is 10.4. The monoisotopic (exact) mass is 282 g/mol. The minimum Gasteiger partial charge on any atom is -0.292 e. The van der Waals surface area contributed by atoms with Gasteiger partial charge in [-0.25, -0.2) is 4.98 Å². The van der Waals surface area contributed by atoms with Crippen LogP contribution in [0.15, 0.2) is 28.3 Å². The summed E-state index contributed by atoms with van der Waals surface area (Å²) >= 11 is 4.70. The normalized spacial score (nSPS) is 10.3. The second kappa shape index (κ2) is 4.20. The molecule has 0 atom stereocenters. The number of Topliss-reactive ketones (excluding diaryl/α,β-unsaturated/α-hetero) is 1. The maximum atomic E-state index is 11.1. The number of carbonyl (C=O) groups is 1. The molecule has 0 aliphatic heterocycles. The van der Waals surface area contributed by atoms with Gasteiger partial charge in [-0.15, -0.1) is 11.3 Å². The second-order valence-corrected chi connectivity index (χ2v) is 4.76. The Bertz CT molecular complexity index is 510. The third-order valence-electron chi connectivity index (χ3n) is 1.81. The topological polar surface area (TPSA) is 42.9 Å². The van der Waals surface area contributed by atoms with Crippen molar-refractivity contribution in [3.05, 3.63) is 33.3 Å². The molecule has 76 valence electrons. The quantitative estimate of drug-likeness (QED) is 0.795. The zero-order valence-corrected chi connectivity index (χ0v) is 10.3. The van der Waals surface area contributed by atoms with E-state index in [2.05, 4.69) is 25.9 Å². The van der Waals surface area contributed by atoms with E-state index in [9.17, 15) is 4.79 Å². The van der Waals surface area contributed by atoms with Crippen LogP contribution in [0, 0.1) is 0 Å². The lowest BCUT2D eigenvalue weighted by Gasteiger charge is -1.95. The van der Waals surface area contributed by atoms with E-state index in [0.29, 0.717) is 5.01 Å². The highest BCUT2D eigenvalue weighted by molar-refractivity contribution is 9.10. The number of hydrogen-bond donors (Lipinski definition) is 0. The molecule has 0 aliphatic rings. The molecule has 5 heteroatoms. The van der Waals surface area contributed by atoms with Gasteiger partial charge in [0.25, 0.3) is 0 Å². The largest absolute Gasteiger partial charge is 0.292 e. The molecule has 2 heterocycles. The Balaban J connectivity index is 2.41. The Morgan fingerprint density at radius 1 is 1.47 bits per heavy atom. The molecule has 0 N–H and O–H groups in total. The van der Waals surface area contributed by atoms with Crippen LogP contribution in [0.1, 0.15) is 16.7 Å². The van der Waals surface area contributed by atoms with Crippen molar-refractivity contribution in [3.8, 4) is 11.3 Å². The van der Waals surface area contributed by atoms with Crippen LogP contribution in [-0.4, -0.2) is 15.8 Å². The number of halogens is 1. The molecule has 2 aromatic heterocycles. The summed E-state index contributed by atoms with van der Waals surface area (Å²) in [6, 6.07) is 1.92. The Hall–Kier alpha value is -1.07. The van der Waals surface area contributed by atoms with Crippen molar-refractivity contribution in [1.29, 1.82) is 0 Å². The number of thiazole rings is 1. The van der Waals surface area contributed by atoms with Gasteiger partial charge in [0.1, 0.15) is 0 Å². The second-order valence-electron chi connectivity index (χ2n) is 2.99. The van der Waals surface area contributed by atoms with Crippen LogP contribution in [0.5, 0.6) is 0 Å². The van der Waals surface area contributed by atoms with E-state index in [1.165, 1.54) is 18.3 Å². The molecule has 2 rings (SSSR count). The third kappa shape index (κ3) is 2.30. The first-order valence-electron chi connectivity index (χ1n) is 4.24. The van der Waals surface area contributed by atoms with Gasteiger partial charge in [-0.1, -0.05) is 0 Å². The van der Waals surface area contributed by atoms with Gasteiger partial charge < -0.3 is 0 Å². The maximum absolute atomic E-state index is 11.1. The van der Waals surface area contributed by atoms with Gasteiger partial charge in [-0.2, -0.15) is 0 Å². The van der Waals surface area contributed by atoms with Crippen molar-refractivity contribution >= 4 is 33.0 Å². The van der Waals surface area contributed by atoms with Crippen molar-refractivity contribution in [2.45, 2.75) is 6.92 Å². The lowest BCUT2D eigenvalue weighted by Crippen LogP contribution is -1.90. The van der Waals surface area contributed by atoms with Crippen LogP contribution in [0.2, 0.25) is 0 Å². The van der Waals surface area contributed by atoms with Gasteiger partial charge in [0.2, 0.25) is 0 Å². The average Bonchev–Trinajstić information content (AvgIpc) is 2.66. The fourth-order valence-corrected chi connectivity index (χ4v) is 2.21. The summed E-state index contributed by atoms with van der Waals surface area (Å²) in [6.07, 6.45) is 3.44. The molecule has 3 nitrogen and oxygen atoms in total. The predicted octanol–water partition coefficient (Wildman–Crippen LogP) is 3.17. The zero-order chi connectivity index (χ0) is 10.8. The molecule has 0 unspecified atom stereocenters. The SMILES string of the molecule is CC(=O)c1nc(-c2cncc(Br)c2)cs1. The molecular formula is C10H7BrN2OS. The fourth-order valence-electron chi connectivity index (χ4n) is 1.12. The minimum absolute atomic E-state index is 0.00536. The Labute approximate surface area is 99.3 Å². The third-order valence-corrected chi connectivity index (χ3v) is 3.18. The first-order valence-corrected chi connectivity index (χ1v) is 5.91. The van der Waals surface area contributed by atoms with Crippen molar-refractivity contribution in [2.75, 3.05) is 0 Å². The molecule has 0 radical (unpaired) electrons. The Morgan fingerprint density at radius 3 is 2.87 bits per heavy atom. The number of pyridine rings is 1. The van der Waals surface area contributed by atoms with E-state index in [0.717, 1.165) is 15.7 Å². The smallest absolute Gasteiger partial charge is 0.188 e.